The van der Waals surface area contributed by atoms with E-state index in [0.717, 1.165) is 15.2 Å². The highest BCUT2D eigenvalue weighted by molar-refractivity contribution is 7.18. The molecule has 0 spiro atoms. The number of fused-ring (bicyclic) bond motifs is 1. The Balaban J connectivity index is 2.13. The number of aromatic nitrogens is 1. The molecular weight excluding hydrogens is 248 g/mol. The zero-order chi connectivity index (χ0) is 13.1. The largest absolute Gasteiger partial charge is 0.468 e. The standard InChI is InChI=1S/C13H16N2O2S/c1-8(14-9(2)13(16)17-3)12-15-10-6-4-5-7-11(10)18-12/h4-9,14H,1-3H3/t8?,9-/m0/s1. The molecule has 0 radical (unpaired) electrons. The van der Waals surface area contributed by atoms with Crippen LogP contribution in [-0.2, 0) is 9.53 Å². The lowest BCUT2D eigenvalue weighted by atomic mass is 10.2. The Labute approximate surface area is 110 Å². The number of benzene rings is 1. The maximum atomic E-state index is 11.3. The summed E-state index contributed by atoms with van der Waals surface area (Å²) in [5.41, 5.74) is 0.997. The number of ether oxygens (including phenoxy) is 1. The van der Waals surface area contributed by atoms with Gasteiger partial charge < -0.3 is 4.74 Å². The van der Waals surface area contributed by atoms with Crippen molar-refractivity contribution >= 4 is 27.5 Å². The van der Waals surface area contributed by atoms with Crippen LogP contribution < -0.4 is 5.32 Å². The summed E-state index contributed by atoms with van der Waals surface area (Å²) >= 11 is 1.64. The molecule has 5 heteroatoms. The zero-order valence-electron chi connectivity index (χ0n) is 10.6. The number of nitrogens with zero attached hydrogens (tertiary/aromatic N) is 1. The highest BCUT2D eigenvalue weighted by Gasteiger charge is 2.18. The molecule has 0 aliphatic carbocycles. The number of carbonyl (C=O) groups is 1. The van der Waals surface area contributed by atoms with Crippen molar-refractivity contribution in [1.82, 2.24) is 10.3 Å². The first kappa shape index (κ1) is 13.0. The fourth-order valence-corrected chi connectivity index (χ4v) is 2.75. The molecule has 4 nitrogen and oxygen atoms in total. The molecule has 2 rings (SSSR count). The smallest absolute Gasteiger partial charge is 0.322 e. The van der Waals surface area contributed by atoms with Gasteiger partial charge in [-0.1, -0.05) is 12.1 Å². The summed E-state index contributed by atoms with van der Waals surface area (Å²) in [5, 5.41) is 4.16. The maximum absolute atomic E-state index is 11.3. The first-order chi connectivity index (χ1) is 8.61. The molecular formula is C13H16N2O2S. The monoisotopic (exact) mass is 264 g/mol. The predicted molar refractivity (Wildman–Crippen MR) is 72.6 cm³/mol. The number of rotatable bonds is 4. The van der Waals surface area contributed by atoms with Crippen LogP contribution in [0.25, 0.3) is 10.2 Å². The molecule has 0 bridgehead atoms. The number of esters is 1. The Hall–Kier alpha value is -1.46. The number of thiazole rings is 1. The normalized spacial score (nSPS) is 14.4. The molecule has 0 saturated carbocycles. The van der Waals surface area contributed by atoms with Crippen LogP contribution in [0.3, 0.4) is 0 Å². The van der Waals surface area contributed by atoms with E-state index in [-0.39, 0.29) is 18.1 Å². The number of carbonyl (C=O) groups excluding carboxylic acids is 1. The average molecular weight is 264 g/mol. The van der Waals surface area contributed by atoms with Gasteiger partial charge in [0.05, 0.1) is 23.4 Å². The van der Waals surface area contributed by atoms with Gasteiger partial charge in [0.15, 0.2) is 0 Å². The number of hydrogen-bond donors (Lipinski definition) is 1. The van der Waals surface area contributed by atoms with Crippen molar-refractivity contribution in [2.75, 3.05) is 7.11 Å². The fraction of sp³-hybridized carbons (Fsp3) is 0.385. The Morgan fingerprint density at radius 3 is 2.78 bits per heavy atom. The van der Waals surface area contributed by atoms with Crippen molar-refractivity contribution in [1.29, 1.82) is 0 Å². The quantitative estimate of drug-likeness (QED) is 0.862. The summed E-state index contributed by atoms with van der Waals surface area (Å²) in [5.74, 6) is -0.261. The molecule has 18 heavy (non-hydrogen) atoms. The van der Waals surface area contributed by atoms with Crippen LogP contribution in [0, 0.1) is 0 Å². The molecule has 1 heterocycles. The highest BCUT2D eigenvalue weighted by Crippen LogP contribution is 2.26. The summed E-state index contributed by atoms with van der Waals surface area (Å²) in [6.45, 7) is 3.78. The van der Waals surface area contributed by atoms with E-state index in [1.807, 2.05) is 31.2 Å². The minimum atomic E-state index is -0.336. The van der Waals surface area contributed by atoms with E-state index in [0.29, 0.717) is 0 Å². The van der Waals surface area contributed by atoms with Crippen molar-refractivity contribution in [3.8, 4) is 0 Å². The van der Waals surface area contributed by atoms with Crippen LogP contribution in [0.1, 0.15) is 24.9 Å². The molecule has 0 aliphatic heterocycles. The molecule has 2 atom stereocenters. The minimum absolute atomic E-state index is 0.0245. The van der Waals surface area contributed by atoms with Gasteiger partial charge in [0, 0.05) is 0 Å². The van der Waals surface area contributed by atoms with Crippen LogP contribution in [0.2, 0.25) is 0 Å². The number of hydrogen-bond acceptors (Lipinski definition) is 5. The van der Waals surface area contributed by atoms with Gasteiger partial charge >= 0.3 is 5.97 Å². The molecule has 2 aromatic rings. The Morgan fingerprint density at radius 1 is 1.39 bits per heavy atom. The lowest BCUT2D eigenvalue weighted by molar-refractivity contribution is -0.142. The first-order valence-electron chi connectivity index (χ1n) is 5.81. The minimum Gasteiger partial charge on any atom is -0.468 e. The lowest BCUT2D eigenvalue weighted by Gasteiger charge is -2.16. The summed E-state index contributed by atoms with van der Waals surface area (Å²) in [6.07, 6.45) is 0. The molecule has 0 aliphatic rings. The highest BCUT2D eigenvalue weighted by atomic mass is 32.1. The van der Waals surface area contributed by atoms with Crippen molar-refractivity contribution < 1.29 is 9.53 Å². The summed E-state index contributed by atoms with van der Waals surface area (Å²) in [6, 6.07) is 7.70. The van der Waals surface area contributed by atoms with Gasteiger partial charge in [0.25, 0.3) is 0 Å². The van der Waals surface area contributed by atoms with Gasteiger partial charge in [-0.05, 0) is 26.0 Å². The van der Waals surface area contributed by atoms with E-state index in [9.17, 15) is 4.79 Å². The molecule has 0 fully saturated rings. The Morgan fingerprint density at radius 2 is 2.11 bits per heavy atom. The summed E-state index contributed by atoms with van der Waals surface area (Å²) in [4.78, 5) is 15.9. The van der Waals surface area contributed by atoms with Gasteiger partial charge in [0.1, 0.15) is 11.0 Å². The Bertz CT molecular complexity index is 520. The average Bonchev–Trinajstić information content (AvgIpc) is 2.81. The fourth-order valence-electron chi connectivity index (χ4n) is 1.77. The van der Waals surface area contributed by atoms with E-state index in [4.69, 9.17) is 0 Å². The third kappa shape index (κ3) is 2.68. The molecule has 96 valence electrons. The second-order valence-corrected chi connectivity index (χ2v) is 5.22. The van der Waals surface area contributed by atoms with Crippen molar-refractivity contribution in [3.63, 3.8) is 0 Å². The van der Waals surface area contributed by atoms with Crippen LogP contribution in [0.15, 0.2) is 24.3 Å². The summed E-state index contributed by atoms with van der Waals surface area (Å²) in [7, 11) is 1.39. The number of methoxy groups -OCH3 is 1. The Kier molecular flexibility index (Phi) is 3.93. The molecule has 0 saturated heterocycles. The van der Waals surface area contributed by atoms with Gasteiger partial charge in [-0.2, -0.15) is 0 Å². The van der Waals surface area contributed by atoms with Gasteiger partial charge in [-0.3, -0.25) is 10.1 Å². The number of para-hydroxylation sites is 1. The van der Waals surface area contributed by atoms with Gasteiger partial charge in [-0.15, -0.1) is 11.3 Å². The predicted octanol–water partition coefficient (Wildman–Crippen LogP) is 2.51. The second kappa shape index (κ2) is 5.46. The molecule has 0 amide bonds. The second-order valence-electron chi connectivity index (χ2n) is 4.15. The summed E-state index contributed by atoms with van der Waals surface area (Å²) < 4.78 is 5.85. The van der Waals surface area contributed by atoms with Crippen molar-refractivity contribution in [2.24, 2.45) is 0 Å². The van der Waals surface area contributed by atoms with Crippen molar-refractivity contribution in [3.05, 3.63) is 29.3 Å². The van der Waals surface area contributed by atoms with Gasteiger partial charge in [0.2, 0.25) is 0 Å². The van der Waals surface area contributed by atoms with Crippen molar-refractivity contribution in [2.45, 2.75) is 25.9 Å². The van der Waals surface area contributed by atoms with Crippen LogP contribution >= 0.6 is 11.3 Å². The van der Waals surface area contributed by atoms with E-state index >= 15 is 0 Å². The SMILES string of the molecule is COC(=O)[C@H](C)NC(C)c1nc2ccccc2s1. The maximum Gasteiger partial charge on any atom is 0.322 e. The number of nitrogens with one attached hydrogen (secondary N) is 1. The van der Waals surface area contributed by atoms with E-state index in [1.54, 1.807) is 18.3 Å². The molecule has 1 N–H and O–H groups in total. The topological polar surface area (TPSA) is 51.2 Å². The molecule has 1 aromatic heterocycles. The first-order valence-corrected chi connectivity index (χ1v) is 6.63. The third-order valence-corrected chi connectivity index (χ3v) is 3.95. The van der Waals surface area contributed by atoms with Crippen LogP contribution in [0.5, 0.6) is 0 Å². The van der Waals surface area contributed by atoms with E-state index < -0.39 is 0 Å². The molecule has 1 aromatic carbocycles. The van der Waals surface area contributed by atoms with E-state index in [2.05, 4.69) is 15.0 Å². The zero-order valence-corrected chi connectivity index (χ0v) is 11.5. The molecule has 1 unspecified atom stereocenters. The van der Waals surface area contributed by atoms with Crippen LogP contribution in [0.4, 0.5) is 0 Å². The van der Waals surface area contributed by atoms with Crippen LogP contribution in [-0.4, -0.2) is 24.1 Å². The van der Waals surface area contributed by atoms with Gasteiger partial charge in [-0.25, -0.2) is 4.98 Å². The lowest BCUT2D eigenvalue weighted by Crippen LogP contribution is -2.36. The van der Waals surface area contributed by atoms with E-state index in [1.165, 1.54) is 7.11 Å². The third-order valence-electron chi connectivity index (χ3n) is 2.74.